The van der Waals surface area contributed by atoms with Gasteiger partial charge in [-0.25, -0.2) is 4.98 Å². The standard InChI is InChI=1S/C16H22N6O4/c17-10(6-9-7-18-8-19-9)16(26)22-5-1-2-12(22)15(25)21-14(24)11-3-4-13(23)20-11/h7-8,10-12H,1-6,17H2,(H,18,19)(H,20,23)(H,21,24,25)/t10-,11-,12-/m0/s1. The zero-order valence-electron chi connectivity index (χ0n) is 14.2. The van der Waals surface area contributed by atoms with Crippen LogP contribution in [0, 0.1) is 0 Å². The Kier molecular flexibility index (Phi) is 5.31. The number of rotatable bonds is 5. The number of carbonyl (C=O) groups excluding carboxylic acids is 4. The van der Waals surface area contributed by atoms with E-state index in [2.05, 4.69) is 20.6 Å². The van der Waals surface area contributed by atoms with Crippen LogP contribution >= 0.6 is 0 Å². The molecule has 0 bridgehead atoms. The van der Waals surface area contributed by atoms with E-state index in [4.69, 9.17) is 5.73 Å². The third-order valence-corrected chi connectivity index (χ3v) is 4.71. The van der Waals surface area contributed by atoms with E-state index in [1.807, 2.05) is 0 Å². The van der Waals surface area contributed by atoms with Crippen molar-refractivity contribution in [3.8, 4) is 0 Å². The summed E-state index contributed by atoms with van der Waals surface area (Å²) in [6, 6.07) is -2.22. The molecule has 4 amide bonds. The zero-order valence-corrected chi connectivity index (χ0v) is 14.2. The minimum atomic E-state index is -0.798. The molecule has 2 fully saturated rings. The fourth-order valence-corrected chi connectivity index (χ4v) is 3.34. The maximum absolute atomic E-state index is 12.6. The van der Waals surface area contributed by atoms with Gasteiger partial charge in [0.2, 0.25) is 23.6 Å². The minimum absolute atomic E-state index is 0.208. The summed E-state index contributed by atoms with van der Waals surface area (Å²) in [6.07, 6.45) is 5.15. The maximum Gasteiger partial charge on any atom is 0.249 e. The van der Waals surface area contributed by atoms with Crippen LogP contribution in [0.2, 0.25) is 0 Å². The van der Waals surface area contributed by atoms with Crippen LogP contribution < -0.4 is 16.4 Å². The van der Waals surface area contributed by atoms with E-state index in [1.165, 1.54) is 11.2 Å². The molecule has 2 aliphatic heterocycles. The number of aromatic nitrogens is 2. The van der Waals surface area contributed by atoms with E-state index in [9.17, 15) is 19.2 Å². The Labute approximate surface area is 149 Å². The van der Waals surface area contributed by atoms with Gasteiger partial charge in [0.1, 0.15) is 12.1 Å². The number of hydrogen-bond donors (Lipinski definition) is 4. The summed E-state index contributed by atoms with van der Waals surface area (Å²) in [5.41, 5.74) is 6.72. The molecule has 0 spiro atoms. The molecule has 140 valence electrons. The molecule has 1 aromatic rings. The molecule has 0 saturated carbocycles. The quantitative estimate of drug-likeness (QED) is 0.454. The molecule has 2 saturated heterocycles. The number of H-pyrrole nitrogens is 1. The van der Waals surface area contributed by atoms with Gasteiger partial charge >= 0.3 is 0 Å². The number of imide groups is 1. The van der Waals surface area contributed by atoms with E-state index in [0.29, 0.717) is 25.8 Å². The van der Waals surface area contributed by atoms with Crippen molar-refractivity contribution in [1.29, 1.82) is 0 Å². The van der Waals surface area contributed by atoms with Crippen molar-refractivity contribution in [3.05, 3.63) is 18.2 Å². The highest BCUT2D eigenvalue weighted by atomic mass is 16.2. The number of nitrogens with one attached hydrogen (secondary N) is 3. The first-order valence-electron chi connectivity index (χ1n) is 8.63. The first-order valence-corrected chi connectivity index (χ1v) is 8.63. The largest absolute Gasteiger partial charge is 0.348 e. The van der Waals surface area contributed by atoms with E-state index in [-0.39, 0.29) is 24.7 Å². The van der Waals surface area contributed by atoms with Gasteiger partial charge in [0.25, 0.3) is 0 Å². The third kappa shape index (κ3) is 3.90. The second kappa shape index (κ2) is 7.65. The summed E-state index contributed by atoms with van der Waals surface area (Å²) < 4.78 is 0. The predicted molar refractivity (Wildman–Crippen MR) is 89.3 cm³/mol. The predicted octanol–water partition coefficient (Wildman–Crippen LogP) is -1.81. The number of imidazole rings is 1. The highest BCUT2D eigenvalue weighted by Gasteiger charge is 2.38. The lowest BCUT2D eigenvalue weighted by molar-refractivity contribution is -0.142. The van der Waals surface area contributed by atoms with Crippen molar-refractivity contribution in [3.63, 3.8) is 0 Å². The number of amides is 4. The highest BCUT2D eigenvalue weighted by Crippen LogP contribution is 2.19. The van der Waals surface area contributed by atoms with Crippen LogP contribution in [0.3, 0.4) is 0 Å². The number of aromatic amines is 1. The van der Waals surface area contributed by atoms with Crippen molar-refractivity contribution >= 4 is 23.6 Å². The Bertz CT molecular complexity index is 704. The number of likely N-dealkylation sites (tertiary alicyclic amines) is 1. The van der Waals surface area contributed by atoms with Crippen molar-refractivity contribution in [2.45, 2.75) is 50.2 Å². The molecule has 0 aromatic carbocycles. The first kappa shape index (κ1) is 18.1. The van der Waals surface area contributed by atoms with E-state index in [1.54, 1.807) is 6.20 Å². The zero-order chi connectivity index (χ0) is 18.7. The normalized spacial score (nSPS) is 23.6. The molecule has 26 heavy (non-hydrogen) atoms. The van der Waals surface area contributed by atoms with Gasteiger partial charge < -0.3 is 20.9 Å². The Hall–Kier alpha value is -2.75. The Morgan fingerprint density at radius 3 is 2.81 bits per heavy atom. The monoisotopic (exact) mass is 362 g/mol. The summed E-state index contributed by atoms with van der Waals surface area (Å²) in [7, 11) is 0. The Morgan fingerprint density at radius 2 is 2.15 bits per heavy atom. The lowest BCUT2D eigenvalue weighted by Gasteiger charge is -2.26. The average Bonchev–Trinajstić information content (AvgIpc) is 3.35. The third-order valence-electron chi connectivity index (χ3n) is 4.71. The second-order valence-corrected chi connectivity index (χ2v) is 6.59. The molecule has 0 aliphatic carbocycles. The van der Waals surface area contributed by atoms with Gasteiger partial charge in [0, 0.05) is 31.3 Å². The number of hydrogen-bond acceptors (Lipinski definition) is 6. The summed E-state index contributed by atoms with van der Waals surface area (Å²) in [4.78, 5) is 56.6. The molecular formula is C16H22N6O4. The van der Waals surface area contributed by atoms with Crippen LogP contribution in [0.5, 0.6) is 0 Å². The molecule has 2 aliphatic rings. The van der Waals surface area contributed by atoms with Gasteiger partial charge in [-0.3, -0.25) is 24.5 Å². The molecule has 5 N–H and O–H groups in total. The van der Waals surface area contributed by atoms with Crippen molar-refractivity contribution < 1.29 is 19.2 Å². The van der Waals surface area contributed by atoms with Crippen molar-refractivity contribution in [2.75, 3.05) is 6.54 Å². The summed E-state index contributed by atoms with van der Waals surface area (Å²) in [6.45, 7) is 0.419. The van der Waals surface area contributed by atoms with E-state index >= 15 is 0 Å². The second-order valence-electron chi connectivity index (χ2n) is 6.59. The van der Waals surface area contributed by atoms with Gasteiger partial charge in [-0.05, 0) is 19.3 Å². The molecule has 1 aromatic heterocycles. The molecular weight excluding hydrogens is 340 g/mol. The van der Waals surface area contributed by atoms with Crippen molar-refractivity contribution in [2.24, 2.45) is 5.73 Å². The van der Waals surface area contributed by atoms with Gasteiger partial charge in [0.05, 0.1) is 12.4 Å². The average molecular weight is 362 g/mol. The minimum Gasteiger partial charge on any atom is -0.348 e. The maximum atomic E-state index is 12.6. The SMILES string of the molecule is N[C@@H](Cc1cnc[nH]1)C(=O)N1CCC[C@H]1C(=O)NC(=O)[C@@H]1CCC(=O)N1. The molecule has 3 heterocycles. The summed E-state index contributed by atoms with van der Waals surface area (Å²) >= 11 is 0. The molecule has 3 atom stereocenters. The number of nitrogens with two attached hydrogens (primary N) is 1. The Balaban J connectivity index is 1.58. The van der Waals surface area contributed by atoms with Crippen LogP contribution in [0.15, 0.2) is 12.5 Å². The molecule has 0 unspecified atom stereocenters. The van der Waals surface area contributed by atoms with E-state index < -0.39 is 29.9 Å². The van der Waals surface area contributed by atoms with Gasteiger partial charge in [0.15, 0.2) is 0 Å². The van der Waals surface area contributed by atoms with Crippen LogP contribution in [0.1, 0.15) is 31.4 Å². The van der Waals surface area contributed by atoms with E-state index in [0.717, 1.165) is 5.69 Å². The van der Waals surface area contributed by atoms with Crippen LogP contribution in [0.4, 0.5) is 0 Å². The van der Waals surface area contributed by atoms with Crippen LogP contribution in [-0.2, 0) is 25.6 Å². The smallest absolute Gasteiger partial charge is 0.249 e. The lowest BCUT2D eigenvalue weighted by Crippen LogP contribution is -2.54. The van der Waals surface area contributed by atoms with Gasteiger partial charge in [-0.2, -0.15) is 0 Å². The molecule has 0 radical (unpaired) electrons. The Morgan fingerprint density at radius 1 is 1.35 bits per heavy atom. The van der Waals surface area contributed by atoms with Crippen LogP contribution in [-0.4, -0.2) is 63.2 Å². The molecule has 10 heteroatoms. The fraction of sp³-hybridized carbons (Fsp3) is 0.562. The molecule has 3 rings (SSSR count). The summed E-state index contributed by atoms with van der Waals surface area (Å²) in [5.74, 6) is -1.61. The molecule has 10 nitrogen and oxygen atoms in total. The highest BCUT2D eigenvalue weighted by molar-refractivity contribution is 6.03. The fourth-order valence-electron chi connectivity index (χ4n) is 3.34. The van der Waals surface area contributed by atoms with Gasteiger partial charge in [-0.15, -0.1) is 0 Å². The lowest BCUT2D eigenvalue weighted by atomic mass is 10.1. The topological polar surface area (TPSA) is 150 Å². The number of carbonyl (C=O) groups is 4. The van der Waals surface area contributed by atoms with Crippen molar-refractivity contribution in [1.82, 2.24) is 25.5 Å². The summed E-state index contributed by atoms with van der Waals surface area (Å²) in [5, 5.41) is 4.82. The van der Waals surface area contributed by atoms with Gasteiger partial charge in [-0.1, -0.05) is 0 Å². The van der Waals surface area contributed by atoms with Crippen LogP contribution in [0.25, 0.3) is 0 Å². The number of nitrogens with zero attached hydrogens (tertiary/aromatic N) is 2. The first-order chi connectivity index (χ1) is 12.5.